The van der Waals surface area contributed by atoms with E-state index in [-0.39, 0.29) is 11.8 Å². The Morgan fingerprint density at radius 2 is 1.74 bits per heavy atom. The van der Waals surface area contributed by atoms with Crippen molar-refractivity contribution in [2.75, 3.05) is 25.4 Å². The number of carbonyl (C=O) groups excluding carboxylic acids is 2. The van der Waals surface area contributed by atoms with Gasteiger partial charge in [0, 0.05) is 53.7 Å². The van der Waals surface area contributed by atoms with Crippen molar-refractivity contribution in [3.8, 4) is 0 Å². The second kappa shape index (κ2) is 10.1. The van der Waals surface area contributed by atoms with Crippen LogP contribution in [0.1, 0.15) is 35.2 Å². The second-order valence-corrected chi connectivity index (χ2v) is 9.07. The Morgan fingerprint density at radius 1 is 1.00 bits per heavy atom. The second-order valence-electron chi connectivity index (χ2n) is 8.06. The Labute approximate surface area is 187 Å². The van der Waals surface area contributed by atoms with Crippen LogP contribution in [0.3, 0.4) is 0 Å². The number of hydrogen-bond acceptors (Lipinski definition) is 3. The van der Waals surface area contributed by atoms with Gasteiger partial charge in [0.15, 0.2) is 0 Å². The Bertz CT molecular complexity index is 1050. The van der Waals surface area contributed by atoms with E-state index in [1.54, 1.807) is 11.8 Å². The molecular formula is C25H29N3O2S. The molecule has 6 heteroatoms. The molecule has 0 saturated carbocycles. The zero-order valence-corrected chi connectivity index (χ0v) is 18.8. The topological polar surface area (TPSA) is 54.3 Å². The molecule has 0 aliphatic carbocycles. The van der Waals surface area contributed by atoms with Crippen LogP contribution in [-0.2, 0) is 11.3 Å². The molecule has 0 unspecified atom stereocenters. The Kier molecular flexibility index (Phi) is 6.97. The first-order valence-corrected chi connectivity index (χ1v) is 11.9. The molecule has 1 aliphatic heterocycles. The van der Waals surface area contributed by atoms with Crippen LogP contribution in [0.25, 0.3) is 10.9 Å². The van der Waals surface area contributed by atoms with Crippen LogP contribution in [-0.4, -0.2) is 46.7 Å². The average Bonchev–Trinajstić information content (AvgIpc) is 3.16. The van der Waals surface area contributed by atoms with Gasteiger partial charge in [-0.2, -0.15) is 0 Å². The zero-order valence-electron chi connectivity index (χ0n) is 18.0. The minimum atomic E-state index is -0.0572. The van der Waals surface area contributed by atoms with Crippen molar-refractivity contribution in [2.24, 2.45) is 0 Å². The third kappa shape index (κ3) is 5.31. The lowest BCUT2D eigenvalue weighted by atomic mass is 10.1. The van der Waals surface area contributed by atoms with Crippen LogP contribution in [0.2, 0.25) is 0 Å². The van der Waals surface area contributed by atoms with Gasteiger partial charge in [-0.15, -0.1) is 11.8 Å². The molecule has 31 heavy (non-hydrogen) atoms. The van der Waals surface area contributed by atoms with Gasteiger partial charge in [0.2, 0.25) is 5.91 Å². The van der Waals surface area contributed by atoms with Gasteiger partial charge < -0.3 is 14.8 Å². The number of amides is 2. The normalized spacial score (nSPS) is 14.0. The van der Waals surface area contributed by atoms with Gasteiger partial charge >= 0.3 is 0 Å². The molecule has 1 N–H and O–H groups in total. The molecule has 1 saturated heterocycles. The molecule has 0 spiro atoms. The first kappa shape index (κ1) is 21.5. The number of rotatable bonds is 7. The van der Waals surface area contributed by atoms with Crippen molar-refractivity contribution in [1.29, 1.82) is 0 Å². The number of para-hydroxylation sites is 1. The fraction of sp³-hybridized carbons (Fsp3) is 0.360. The number of aromatic nitrogens is 1. The summed E-state index contributed by atoms with van der Waals surface area (Å²) in [5, 5.41) is 4.16. The molecule has 4 rings (SSSR count). The molecule has 1 aromatic heterocycles. The number of likely N-dealkylation sites (tertiary alicyclic amines) is 1. The zero-order chi connectivity index (χ0) is 21.6. The monoisotopic (exact) mass is 435 g/mol. The highest BCUT2D eigenvalue weighted by Gasteiger charge is 2.18. The summed E-state index contributed by atoms with van der Waals surface area (Å²) >= 11 is 1.61. The van der Waals surface area contributed by atoms with E-state index in [0.717, 1.165) is 47.3 Å². The Hall–Kier alpha value is -2.73. The molecule has 0 radical (unpaired) electrons. The standard InChI is InChI=1S/C25H29N3O2S/c1-19-9-11-20(12-10-19)25(30)26-13-16-28-17-23(21-7-3-4-8-22(21)28)31-18-24(29)27-14-5-2-6-15-27/h3-4,7-12,17H,2,5-6,13-16,18H2,1H3,(H,26,30). The van der Waals surface area contributed by atoms with E-state index in [9.17, 15) is 9.59 Å². The minimum absolute atomic E-state index is 0.0572. The van der Waals surface area contributed by atoms with Crippen LogP contribution >= 0.6 is 11.8 Å². The molecular weight excluding hydrogens is 406 g/mol. The number of benzene rings is 2. The van der Waals surface area contributed by atoms with Crippen molar-refractivity contribution in [3.05, 3.63) is 65.9 Å². The number of aryl methyl sites for hydroxylation is 1. The summed E-state index contributed by atoms with van der Waals surface area (Å²) in [5.41, 5.74) is 2.94. The summed E-state index contributed by atoms with van der Waals surface area (Å²) < 4.78 is 2.17. The molecule has 0 atom stereocenters. The van der Waals surface area contributed by atoms with Gasteiger partial charge in [0.25, 0.3) is 5.91 Å². The highest BCUT2D eigenvalue weighted by atomic mass is 32.2. The maximum absolute atomic E-state index is 12.6. The van der Waals surface area contributed by atoms with Crippen LogP contribution in [0.5, 0.6) is 0 Å². The smallest absolute Gasteiger partial charge is 0.251 e. The van der Waals surface area contributed by atoms with E-state index in [1.165, 1.54) is 6.42 Å². The summed E-state index contributed by atoms with van der Waals surface area (Å²) in [6, 6.07) is 15.8. The number of fused-ring (bicyclic) bond motifs is 1. The number of thioether (sulfide) groups is 1. The van der Waals surface area contributed by atoms with Crippen LogP contribution in [0.4, 0.5) is 0 Å². The third-order valence-electron chi connectivity index (χ3n) is 5.76. The van der Waals surface area contributed by atoms with E-state index < -0.39 is 0 Å². The summed E-state index contributed by atoms with van der Waals surface area (Å²) in [6.45, 7) is 5.01. The van der Waals surface area contributed by atoms with Crippen LogP contribution in [0, 0.1) is 6.92 Å². The van der Waals surface area contributed by atoms with Crippen LogP contribution < -0.4 is 5.32 Å². The number of nitrogens with zero attached hydrogens (tertiary/aromatic N) is 2. The lowest BCUT2D eigenvalue weighted by molar-refractivity contribution is -0.129. The summed E-state index contributed by atoms with van der Waals surface area (Å²) in [5.74, 6) is 0.642. The van der Waals surface area contributed by atoms with Gasteiger partial charge in [-0.25, -0.2) is 0 Å². The van der Waals surface area contributed by atoms with Gasteiger partial charge in [-0.3, -0.25) is 9.59 Å². The van der Waals surface area contributed by atoms with E-state index in [4.69, 9.17) is 0 Å². The fourth-order valence-corrected chi connectivity index (χ4v) is 4.98. The lowest BCUT2D eigenvalue weighted by Crippen LogP contribution is -2.36. The predicted octanol–water partition coefficient (Wildman–Crippen LogP) is 4.48. The Morgan fingerprint density at radius 3 is 2.52 bits per heavy atom. The van der Waals surface area contributed by atoms with Gasteiger partial charge in [0.1, 0.15) is 0 Å². The van der Waals surface area contributed by atoms with Gasteiger partial charge in [-0.1, -0.05) is 35.9 Å². The van der Waals surface area contributed by atoms with Gasteiger partial charge in [0.05, 0.1) is 5.75 Å². The van der Waals surface area contributed by atoms with E-state index >= 15 is 0 Å². The number of hydrogen-bond donors (Lipinski definition) is 1. The maximum atomic E-state index is 12.6. The molecule has 0 bridgehead atoms. The van der Waals surface area contributed by atoms with Gasteiger partial charge in [-0.05, 0) is 44.4 Å². The third-order valence-corrected chi connectivity index (χ3v) is 6.79. The molecule has 1 aliphatic rings. The minimum Gasteiger partial charge on any atom is -0.350 e. The highest BCUT2D eigenvalue weighted by Crippen LogP contribution is 2.30. The fourth-order valence-electron chi connectivity index (χ4n) is 3.98. The number of nitrogens with one attached hydrogen (secondary N) is 1. The van der Waals surface area contributed by atoms with Crippen molar-refractivity contribution in [3.63, 3.8) is 0 Å². The van der Waals surface area contributed by atoms with E-state index in [0.29, 0.717) is 24.4 Å². The van der Waals surface area contributed by atoms with Crippen molar-refractivity contribution >= 4 is 34.5 Å². The van der Waals surface area contributed by atoms with Crippen molar-refractivity contribution in [1.82, 2.24) is 14.8 Å². The number of carbonyl (C=O) groups is 2. The summed E-state index contributed by atoms with van der Waals surface area (Å²) in [4.78, 5) is 28.1. The maximum Gasteiger partial charge on any atom is 0.251 e. The quantitative estimate of drug-likeness (QED) is 0.557. The molecule has 2 aromatic carbocycles. The first-order chi connectivity index (χ1) is 15.1. The molecule has 1 fully saturated rings. The SMILES string of the molecule is Cc1ccc(C(=O)NCCn2cc(SCC(=O)N3CCCCC3)c3ccccc32)cc1. The van der Waals surface area contributed by atoms with Crippen molar-refractivity contribution < 1.29 is 9.59 Å². The molecule has 2 heterocycles. The number of piperidine rings is 1. The average molecular weight is 436 g/mol. The summed E-state index contributed by atoms with van der Waals surface area (Å²) in [7, 11) is 0. The molecule has 5 nitrogen and oxygen atoms in total. The Balaban J connectivity index is 1.38. The van der Waals surface area contributed by atoms with Crippen molar-refractivity contribution in [2.45, 2.75) is 37.6 Å². The molecule has 2 amide bonds. The largest absolute Gasteiger partial charge is 0.350 e. The predicted molar refractivity (Wildman–Crippen MR) is 127 cm³/mol. The molecule has 3 aromatic rings. The van der Waals surface area contributed by atoms with E-state index in [2.05, 4.69) is 28.2 Å². The lowest BCUT2D eigenvalue weighted by Gasteiger charge is -2.26. The molecule has 162 valence electrons. The summed E-state index contributed by atoms with van der Waals surface area (Å²) in [6.07, 6.45) is 5.57. The van der Waals surface area contributed by atoms with E-state index in [1.807, 2.05) is 48.2 Å². The highest BCUT2D eigenvalue weighted by molar-refractivity contribution is 8.00. The van der Waals surface area contributed by atoms with Crippen LogP contribution in [0.15, 0.2) is 59.6 Å². The first-order valence-electron chi connectivity index (χ1n) is 10.9.